The van der Waals surface area contributed by atoms with Gasteiger partial charge >= 0.3 is 5.97 Å². The van der Waals surface area contributed by atoms with Gasteiger partial charge in [0.1, 0.15) is 0 Å². The molecule has 0 aromatic heterocycles. The summed E-state index contributed by atoms with van der Waals surface area (Å²) in [4.78, 5) is 22.6. The van der Waals surface area contributed by atoms with Crippen molar-refractivity contribution in [2.45, 2.75) is 25.7 Å². The number of hydrogen-bond donors (Lipinski definition) is 2. The first kappa shape index (κ1) is 11.6. The minimum atomic E-state index is -1.02. The molecule has 0 unspecified atom stereocenters. The van der Waals surface area contributed by atoms with Gasteiger partial charge in [0.25, 0.3) is 0 Å². The topological polar surface area (TPSA) is 66.4 Å². The van der Waals surface area contributed by atoms with Crippen molar-refractivity contribution in [3.63, 3.8) is 0 Å². The number of para-hydroxylation sites is 1. The van der Waals surface area contributed by atoms with Crippen molar-refractivity contribution in [2.75, 3.05) is 5.32 Å². The van der Waals surface area contributed by atoms with E-state index >= 15 is 0 Å². The van der Waals surface area contributed by atoms with Crippen LogP contribution < -0.4 is 5.32 Å². The van der Waals surface area contributed by atoms with Gasteiger partial charge < -0.3 is 10.4 Å². The molecule has 2 N–H and O–H groups in total. The van der Waals surface area contributed by atoms with Crippen molar-refractivity contribution in [3.05, 3.63) is 29.8 Å². The molecule has 1 aliphatic rings. The van der Waals surface area contributed by atoms with Crippen molar-refractivity contribution in [1.29, 1.82) is 0 Å². The number of aromatic carboxylic acids is 1. The molecule has 0 heterocycles. The summed E-state index contributed by atoms with van der Waals surface area (Å²) < 4.78 is 0. The molecule has 0 spiro atoms. The van der Waals surface area contributed by atoms with Gasteiger partial charge in [-0.25, -0.2) is 4.79 Å². The van der Waals surface area contributed by atoms with Gasteiger partial charge in [-0.3, -0.25) is 4.79 Å². The highest BCUT2D eigenvalue weighted by Gasteiger charge is 2.21. The zero-order chi connectivity index (χ0) is 12.3. The molecule has 1 fully saturated rings. The molecule has 1 amide bonds. The molecule has 4 heteroatoms. The summed E-state index contributed by atoms with van der Waals surface area (Å²) in [6.45, 7) is 0. The molecule has 2 rings (SSSR count). The number of rotatable bonds is 4. The molecule has 0 atom stereocenters. The number of carbonyl (C=O) groups excluding carboxylic acids is 1. The van der Waals surface area contributed by atoms with Gasteiger partial charge in [-0.05, 0) is 30.9 Å². The Kier molecular flexibility index (Phi) is 3.42. The van der Waals surface area contributed by atoms with E-state index < -0.39 is 5.97 Å². The molecule has 0 saturated heterocycles. The van der Waals surface area contributed by atoms with E-state index in [9.17, 15) is 9.59 Å². The Bertz CT molecular complexity index is 438. The number of nitrogens with one attached hydrogen (secondary N) is 1. The monoisotopic (exact) mass is 233 g/mol. The fourth-order valence-electron chi connectivity index (χ4n) is 1.94. The van der Waals surface area contributed by atoms with E-state index in [2.05, 4.69) is 5.32 Å². The maximum absolute atomic E-state index is 11.7. The van der Waals surface area contributed by atoms with Gasteiger partial charge in [0, 0.05) is 6.42 Å². The van der Waals surface area contributed by atoms with Crippen LogP contribution in [0.3, 0.4) is 0 Å². The summed E-state index contributed by atoms with van der Waals surface area (Å²) in [6, 6.07) is 6.46. The summed E-state index contributed by atoms with van der Waals surface area (Å²) >= 11 is 0. The van der Waals surface area contributed by atoms with Crippen LogP contribution in [0, 0.1) is 5.92 Å². The molecule has 1 aromatic rings. The molecule has 0 radical (unpaired) electrons. The Balaban J connectivity index is 2.01. The Morgan fingerprint density at radius 1 is 1.29 bits per heavy atom. The Morgan fingerprint density at radius 3 is 2.59 bits per heavy atom. The van der Waals surface area contributed by atoms with Crippen LogP contribution in [-0.2, 0) is 4.79 Å². The number of hydrogen-bond acceptors (Lipinski definition) is 2. The quantitative estimate of drug-likeness (QED) is 0.839. The van der Waals surface area contributed by atoms with E-state index in [1.165, 1.54) is 12.5 Å². The fraction of sp³-hybridized carbons (Fsp3) is 0.385. The minimum Gasteiger partial charge on any atom is -0.478 e. The Morgan fingerprint density at radius 2 is 2.00 bits per heavy atom. The third-order valence-electron chi connectivity index (χ3n) is 3.13. The molecule has 0 bridgehead atoms. The highest BCUT2D eigenvalue weighted by Crippen LogP contribution is 2.29. The van der Waals surface area contributed by atoms with Crippen LogP contribution in [0.5, 0.6) is 0 Å². The second-order valence-corrected chi connectivity index (χ2v) is 4.40. The smallest absolute Gasteiger partial charge is 0.337 e. The fourth-order valence-corrected chi connectivity index (χ4v) is 1.94. The van der Waals surface area contributed by atoms with Crippen LogP contribution in [-0.4, -0.2) is 17.0 Å². The highest BCUT2D eigenvalue weighted by molar-refractivity contribution is 6.00. The van der Waals surface area contributed by atoms with Crippen molar-refractivity contribution in [3.8, 4) is 0 Å². The summed E-state index contributed by atoms with van der Waals surface area (Å²) in [5.41, 5.74) is 0.513. The number of benzene rings is 1. The minimum absolute atomic E-state index is 0.0941. The number of carbonyl (C=O) groups is 2. The van der Waals surface area contributed by atoms with E-state index in [4.69, 9.17) is 5.11 Å². The second kappa shape index (κ2) is 4.99. The lowest BCUT2D eigenvalue weighted by molar-refractivity contribution is -0.117. The van der Waals surface area contributed by atoms with E-state index in [-0.39, 0.29) is 11.5 Å². The molecular weight excluding hydrogens is 218 g/mol. The molecule has 17 heavy (non-hydrogen) atoms. The largest absolute Gasteiger partial charge is 0.478 e. The average molecular weight is 233 g/mol. The van der Waals surface area contributed by atoms with Gasteiger partial charge in [-0.15, -0.1) is 0 Å². The van der Waals surface area contributed by atoms with Gasteiger partial charge in [-0.1, -0.05) is 18.6 Å². The third kappa shape index (κ3) is 2.84. The summed E-state index contributed by atoms with van der Waals surface area (Å²) in [7, 11) is 0. The summed E-state index contributed by atoms with van der Waals surface area (Å²) in [6.07, 6.45) is 3.90. The number of amides is 1. The van der Waals surface area contributed by atoms with Crippen molar-refractivity contribution in [2.24, 2.45) is 5.92 Å². The number of carboxylic acids is 1. The average Bonchev–Trinajstić information content (AvgIpc) is 2.24. The molecule has 1 saturated carbocycles. The zero-order valence-electron chi connectivity index (χ0n) is 9.48. The van der Waals surface area contributed by atoms with Crippen LogP contribution >= 0.6 is 0 Å². The summed E-state index contributed by atoms with van der Waals surface area (Å²) in [5, 5.41) is 11.6. The SMILES string of the molecule is O=C(CC1CCC1)Nc1ccccc1C(=O)O. The highest BCUT2D eigenvalue weighted by atomic mass is 16.4. The van der Waals surface area contributed by atoms with E-state index in [1.54, 1.807) is 18.2 Å². The first-order valence-electron chi connectivity index (χ1n) is 5.79. The van der Waals surface area contributed by atoms with Gasteiger partial charge in [0.2, 0.25) is 5.91 Å². The number of anilines is 1. The van der Waals surface area contributed by atoms with E-state index in [0.717, 1.165) is 12.8 Å². The van der Waals surface area contributed by atoms with Crippen LogP contribution in [0.4, 0.5) is 5.69 Å². The van der Waals surface area contributed by atoms with Crippen molar-refractivity contribution >= 4 is 17.6 Å². The zero-order valence-corrected chi connectivity index (χ0v) is 9.48. The standard InChI is InChI=1S/C13H15NO3/c15-12(8-9-4-3-5-9)14-11-7-2-1-6-10(11)13(16)17/h1-2,6-7,9H,3-5,8H2,(H,14,15)(H,16,17). The normalized spacial score (nSPS) is 15.1. The van der Waals surface area contributed by atoms with Crippen LogP contribution in [0.1, 0.15) is 36.0 Å². The molecule has 1 aliphatic carbocycles. The lowest BCUT2D eigenvalue weighted by atomic mass is 9.83. The number of carboxylic acid groups (broad SMARTS) is 1. The summed E-state index contributed by atoms with van der Waals surface area (Å²) in [5.74, 6) is -0.639. The molecule has 0 aliphatic heterocycles. The van der Waals surface area contributed by atoms with Crippen LogP contribution in [0.2, 0.25) is 0 Å². The maximum atomic E-state index is 11.7. The molecule has 4 nitrogen and oxygen atoms in total. The van der Waals surface area contributed by atoms with Gasteiger partial charge in [0.15, 0.2) is 0 Å². The van der Waals surface area contributed by atoms with Gasteiger partial charge in [-0.2, -0.15) is 0 Å². The Labute approximate surface area is 99.6 Å². The maximum Gasteiger partial charge on any atom is 0.337 e. The lowest BCUT2D eigenvalue weighted by Gasteiger charge is -2.24. The molecule has 90 valence electrons. The van der Waals surface area contributed by atoms with Gasteiger partial charge in [0.05, 0.1) is 11.3 Å². The van der Waals surface area contributed by atoms with E-state index in [0.29, 0.717) is 18.0 Å². The first-order valence-corrected chi connectivity index (χ1v) is 5.79. The lowest BCUT2D eigenvalue weighted by Crippen LogP contribution is -2.21. The predicted molar refractivity (Wildman–Crippen MR) is 64.0 cm³/mol. The van der Waals surface area contributed by atoms with Crippen molar-refractivity contribution < 1.29 is 14.7 Å². The predicted octanol–water partition coefficient (Wildman–Crippen LogP) is 2.51. The first-order chi connectivity index (χ1) is 8.16. The molecule has 1 aromatic carbocycles. The van der Waals surface area contributed by atoms with Crippen LogP contribution in [0.25, 0.3) is 0 Å². The second-order valence-electron chi connectivity index (χ2n) is 4.40. The van der Waals surface area contributed by atoms with Crippen molar-refractivity contribution in [1.82, 2.24) is 0 Å². The molecular formula is C13H15NO3. The third-order valence-corrected chi connectivity index (χ3v) is 3.13. The Hall–Kier alpha value is -1.84. The van der Waals surface area contributed by atoms with E-state index in [1.807, 2.05) is 0 Å². The van der Waals surface area contributed by atoms with Crippen LogP contribution in [0.15, 0.2) is 24.3 Å².